The summed E-state index contributed by atoms with van der Waals surface area (Å²) in [5.41, 5.74) is 0.723. The molecule has 3 rings (SSSR count). The van der Waals surface area contributed by atoms with E-state index in [1.807, 2.05) is 31.2 Å². The van der Waals surface area contributed by atoms with Crippen molar-refractivity contribution in [2.75, 3.05) is 0 Å². The number of fused-ring (bicyclic) bond motifs is 3. The van der Waals surface area contributed by atoms with Gasteiger partial charge in [-0.3, -0.25) is 4.79 Å². The number of thiophene rings is 1. The molecule has 0 unspecified atom stereocenters. The van der Waals surface area contributed by atoms with Gasteiger partial charge in [-0.25, -0.2) is 4.79 Å². The molecule has 0 aliphatic carbocycles. The van der Waals surface area contributed by atoms with Gasteiger partial charge in [-0.1, -0.05) is 18.2 Å². The van der Waals surface area contributed by atoms with E-state index in [0.717, 1.165) is 26.9 Å². The van der Waals surface area contributed by atoms with Crippen molar-refractivity contribution < 1.29 is 9.90 Å². The Morgan fingerprint density at radius 2 is 2.05 bits per heavy atom. The molecule has 0 spiro atoms. The number of nitrogens with zero attached hydrogens (tertiary/aromatic N) is 1. The molecule has 5 heteroatoms. The van der Waals surface area contributed by atoms with Crippen molar-refractivity contribution >= 4 is 38.3 Å². The van der Waals surface area contributed by atoms with Crippen LogP contribution in [-0.4, -0.2) is 15.6 Å². The third-order valence-corrected chi connectivity index (χ3v) is 4.33. The molecule has 0 amide bonds. The molecular formula is C14H11NO3S. The average molecular weight is 273 g/mol. The first-order chi connectivity index (χ1) is 9.13. The van der Waals surface area contributed by atoms with E-state index in [-0.39, 0.29) is 10.4 Å². The molecular weight excluding hydrogens is 262 g/mol. The molecule has 0 bridgehead atoms. The standard InChI is InChI=1S/C14H11NO3S/c1-2-15-10-6-4-3-5-8(10)12-9(13(15)16)7-11(19-12)14(17)18/h3-7H,2H2,1H3,(H,17,18). The third kappa shape index (κ3) is 1.66. The number of para-hydroxylation sites is 1. The van der Waals surface area contributed by atoms with Crippen LogP contribution in [0, 0.1) is 0 Å². The number of hydrogen-bond donors (Lipinski definition) is 1. The molecule has 0 radical (unpaired) electrons. The third-order valence-electron chi connectivity index (χ3n) is 3.17. The van der Waals surface area contributed by atoms with Gasteiger partial charge < -0.3 is 9.67 Å². The van der Waals surface area contributed by atoms with E-state index < -0.39 is 5.97 Å². The first-order valence-electron chi connectivity index (χ1n) is 5.92. The molecule has 1 N–H and O–H groups in total. The molecule has 1 aromatic carbocycles. The highest BCUT2D eigenvalue weighted by molar-refractivity contribution is 7.21. The lowest BCUT2D eigenvalue weighted by Gasteiger charge is -2.08. The van der Waals surface area contributed by atoms with Gasteiger partial charge in [0.2, 0.25) is 0 Å². The lowest BCUT2D eigenvalue weighted by Crippen LogP contribution is -2.19. The SMILES string of the molecule is CCn1c(=O)c2cc(C(=O)O)sc2c2ccccc21. The molecule has 0 aliphatic rings. The van der Waals surface area contributed by atoms with Crippen LogP contribution in [0.4, 0.5) is 0 Å². The van der Waals surface area contributed by atoms with Crippen LogP contribution in [0.5, 0.6) is 0 Å². The summed E-state index contributed by atoms with van der Waals surface area (Å²) in [4.78, 5) is 23.7. The maximum Gasteiger partial charge on any atom is 0.345 e. The summed E-state index contributed by atoms with van der Waals surface area (Å²) >= 11 is 1.16. The van der Waals surface area contributed by atoms with Crippen LogP contribution in [0.2, 0.25) is 0 Å². The minimum Gasteiger partial charge on any atom is -0.477 e. The summed E-state index contributed by atoms with van der Waals surface area (Å²) < 4.78 is 2.43. The first-order valence-corrected chi connectivity index (χ1v) is 6.73. The van der Waals surface area contributed by atoms with Crippen molar-refractivity contribution in [2.24, 2.45) is 0 Å². The number of pyridine rings is 1. The first kappa shape index (κ1) is 11.9. The van der Waals surface area contributed by atoms with E-state index in [4.69, 9.17) is 5.11 Å². The Labute approximate surface area is 112 Å². The Bertz CT molecular complexity index is 860. The van der Waals surface area contributed by atoms with E-state index in [1.54, 1.807) is 4.57 Å². The van der Waals surface area contributed by atoms with Crippen LogP contribution < -0.4 is 5.56 Å². The van der Waals surface area contributed by atoms with Gasteiger partial charge in [0.1, 0.15) is 4.88 Å². The number of aromatic nitrogens is 1. The van der Waals surface area contributed by atoms with Crippen LogP contribution in [0.15, 0.2) is 35.1 Å². The number of carboxylic acid groups (broad SMARTS) is 1. The Balaban J connectivity index is 2.59. The summed E-state index contributed by atoms with van der Waals surface area (Å²) in [6, 6.07) is 9.06. The van der Waals surface area contributed by atoms with Gasteiger partial charge in [0.05, 0.1) is 15.6 Å². The number of rotatable bonds is 2. The van der Waals surface area contributed by atoms with Crippen molar-refractivity contribution in [2.45, 2.75) is 13.5 Å². The predicted molar refractivity (Wildman–Crippen MR) is 76.2 cm³/mol. The average Bonchev–Trinajstić information content (AvgIpc) is 2.85. The molecule has 0 saturated carbocycles. The second kappa shape index (κ2) is 4.20. The lowest BCUT2D eigenvalue weighted by molar-refractivity contribution is 0.0702. The van der Waals surface area contributed by atoms with Crippen LogP contribution >= 0.6 is 11.3 Å². The smallest absolute Gasteiger partial charge is 0.345 e. The van der Waals surface area contributed by atoms with E-state index in [0.29, 0.717) is 11.9 Å². The molecule has 19 heavy (non-hydrogen) atoms. The number of aryl methyl sites for hydroxylation is 1. The summed E-state index contributed by atoms with van der Waals surface area (Å²) in [6.45, 7) is 2.47. The van der Waals surface area contributed by atoms with Gasteiger partial charge in [-0.15, -0.1) is 11.3 Å². The van der Waals surface area contributed by atoms with Gasteiger partial charge in [0.15, 0.2) is 0 Å². The highest BCUT2D eigenvalue weighted by Gasteiger charge is 2.15. The van der Waals surface area contributed by atoms with Crippen LogP contribution in [0.25, 0.3) is 21.0 Å². The Hall–Kier alpha value is -2.14. The number of aromatic carboxylic acids is 1. The van der Waals surface area contributed by atoms with Gasteiger partial charge in [0, 0.05) is 11.9 Å². The summed E-state index contributed by atoms with van der Waals surface area (Å²) in [5, 5.41) is 10.5. The van der Waals surface area contributed by atoms with Crippen LogP contribution in [0.1, 0.15) is 16.6 Å². The molecule has 4 nitrogen and oxygen atoms in total. The van der Waals surface area contributed by atoms with Crippen molar-refractivity contribution in [1.82, 2.24) is 4.57 Å². The minimum absolute atomic E-state index is 0.125. The second-order valence-electron chi connectivity index (χ2n) is 4.23. The lowest BCUT2D eigenvalue weighted by atomic mass is 10.1. The van der Waals surface area contributed by atoms with Crippen molar-refractivity contribution in [3.05, 3.63) is 45.6 Å². The van der Waals surface area contributed by atoms with Gasteiger partial charge in [0.25, 0.3) is 5.56 Å². The molecule has 2 heterocycles. The van der Waals surface area contributed by atoms with Gasteiger partial charge in [-0.2, -0.15) is 0 Å². The fraction of sp³-hybridized carbons (Fsp3) is 0.143. The Morgan fingerprint density at radius 3 is 2.74 bits per heavy atom. The van der Waals surface area contributed by atoms with Crippen molar-refractivity contribution in [3.8, 4) is 0 Å². The molecule has 0 atom stereocenters. The monoisotopic (exact) mass is 273 g/mol. The highest BCUT2D eigenvalue weighted by atomic mass is 32.1. The number of carbonyl (C=O) groups is 1. The zero-order valence-electron chi connectivity index (χ0n) is 10.2. The maximum absolute atomic E-state index is 12.4. The van der Waals surface area contributed by atoms with Gasteiger partial charge >= 0.3 is 5.97 Å². The maximum atomic E-state index is 12.4. The van der Waals surface area contributed by atoms with E-state index in [2.05, 4.69) is 0 Å². The normalized spacial score (nSPS) is 11.2. The molecule has 0 aliphatic heterocycles. The number of carboxylic acids is 1. The van der Waals surface area contributed by atoms with E-state index >= 15 is 0 Å². The topological polar surface area (TPSA) is 59.3 Å². The fourth-order valence-corrected chi connectivity index (χ4v) is 3.35. The van der Waals surface area contributed by atoms with Crippen LogP contribution in [-0.2, 0) is 6.54 Å². The zero-order chi connectivity index (χ0) is 13.6. The number of benzene rings is 1. The largest absolute Gasteiger partial charge is 0.477 e. The Morgan fingerprint density at radius 1 is 1.32 bits per heavy atom. The highest BCUT2D eigenvalue weighted by Crippen LogP contribution is 2.30. The predicted octanol–water partition coefficient (Wildman–Crippen LogP) is 2.93. The molecule has 0 fully saturated rings. The van der Waals surface area contributed by atoms with Crippen LogP contribution in [0.3, 0.4) is 0 Å². The van der Waals surface area contributed by atoms with Crippen molar-refractivity contribution in [3.63, 3.8) is 0 Å². The molecule has 0 saturated heterocycles. The zero-order valence-corrected chi connectivity index (χ0v) is 11.0. The molecule has 96 valence electrons. The summed E-state index contributed by atoms with van der Waals surface area (Å²) in [7, 11) is 0. The fourth-order valence-electron chi connectivity index (χ4n) is 2.33. The van der Waals surface area contributed by atoms with E-state index in [1.165, 1.54) is 6.07 Å². The quantitative estimate of drug-likeness (QED) is 0.781. The number of hydrogen-bond acceptors (Lipinski definition) is 3. The molecule has 2 aromatic heterocycles. The summed E-state index contributed by atoms with van der Waals surface area (Å²) in [6.07, 6.45) is 0. The summed E-state index contributed by atoms with van der Waals surface area (Å²) in [5.74, 6) is -0.993. The second-order valence-corrected chi connectivity index (χ2v) is 5.28. The molecule has 3 aromatic rings. The van der Waals surface area contributed by atoms with E-state index in [9.17, 15) is 9.59 Å². The van der Waals surface area contributed by atoms with Gasteiger partial charge in [-0.05, 0) is 19.1 Å². The van der Waals surface area contributed by atoms with Crippen molar-refractivity contribution in [1.29, 1.82) is 0 Å². The minimum atomic E-state index is -0.993. The Kier molecular flexibility index (Phi) is 2.64.